The van der Waals surface area contributed by atoms with Gasteiger partial charge in [-0.1, -0.05) is 24.3 Å². The fourth-order valence-corrected chi connectivity index (χ4v) is 2.37. The lowest BCUT2D eigenvalue weighted by molar-refractivity contribution is -0.137. The predicted molar refractivity (Wildman–Crippen MR) is 92.8 cm³/mol. The SMILES string of the molecule is CN(CCCNC(=O)Nc1c(F)cccc1C(F)(F)F)c1ccccc1. The normalized spacial score (nSPS) is 11.1. The monoisotopic (exact) mass is 369 g/mol. The Bertz CT molecular complexity index is 735. The van der Waals surface area contributed by atoms with E-state index in [1.807, 2.05) is 47.6 Å². The first-order valence-electron chi connectivity index (χ1n) is 7.96. The van der Waals surface area contributed by atoms with Crippen LogP contribution in [0.25, 0.3) is 0 Å². The number of amides is 2. The van der Waals surface area contributed by atoms with Crippen LogP contribution < -0.4 is 15.5 Å². The second-order valence-corrected chi connectivity index (χ2v) is 5.65. The molecule has 0 bridgehead atoms. The summed E-state index contributed by atoms with van der Waals surface area (Å²) in [6.07, 6.45) is -4.19. The summed E-state index contributed by atoms with van der Waals surface area (Å²) in [4.78, 5) is 13.8. The molecule has 2 aromatic rings. The van der Waals surface area contributed by atoms with Crippen LogP contribution in [-0.4, -0.2) is 26.2 Å². The van der Waals surface area contributed by atoms with Crippen molar-refractivity contribution in [3.8, 4) is 0 Å². The molecule has 8 heteroatoms. The molecular weight excluding hydrogens is 350 g/mol. The zero-order chi connectivity index (χ0) is 19.2. The summed E-state index contributed by atoms with van der Waals surface area (Å²) >= 11 is 0. The van der Waals surface area contributed by atoms with Crippen molar-refractivity contribution in [2.24, 2.45) is 0 Å². The standard InChI is InChI=1S/C18H19F4N3O/c1-25(13-7-3-2-4-8-13)12-6-11-23-17(26)24-16-14(18(20,21)22)9-5-10-15(16)19/h2-5,7-10H,6,11-12H2,1H3,(H2,23,24,26). The first-order valence-corrected chi connectivity index (χ1v) is 7.96. The van der Waals surface area contributed by atoms with Crippen LogP contribution in [0.1, 0.15) is 12.0 Å². The Kier molecular flexibility index (Phi) is 6.43. The number of carbonyl (C=O) groups is 1. The average Bonchev–Trinajstić information content (AvgIpc) is 2.60. The lowest BCUT2D eigenvalue weighted by Gasteiger charge is -2.19. The molecule has 0 radical (unpaired) electrons. The Morgan fingerprint density at radius 2 is 1.77 bits per heavy atom. The molecule has 0 fully saturated rings. The second kappa shape index (κ2) is 8.55. The second-order valence-electron chi connectivity index (χ2n) is 5.65. The summed E-state index contributed by atoms with van der Waals surface area (Å²) in [6, 6.07) is 11.2. The van der Waals surface area contributed by atoms with Gasteiger partial charge in [0, 0.05) is 25.8 Å². The Balaban J connectivity index is 1.85. The van der Waals surface area contributed by atoms with Crippen LogP contribution in [0, 0.1) is 5.82 Å². The highest BCUT2D eigenvalue weighted by Gasteiger charge is 2.35. The maximum Gasteiger partial charge on any atom is 0.418 e. The quantitative estimate of drug-likeness (QED) is 0.582. The third kappa shape index (κ3) is 5.37. The molecule has 0 aliphatic carbocycles. The molecule has 2 N–H and O–H groups in total. The summed E-state index contributed by atoms with van der Waals surface area (Å²) in [5.74, 6) is -1.14. The van der Waals surface area contributed by atoms with Gasteiger partial charge in [0.05, 0.1) is 11.3 Å². The van der Waals surface area contributed by atoms with E-state index in [2.05, 4.69) is 5.32 Å². The molecule has 2 amide bonds. The minimum atomic E-state index is -4.76. The van der Waals surface area contributed by atoms with Crippen molar-refractivity contribution in [3.63, 3.8) is 0 Å². The lowest BCUT2D eigenvalue weighted by Crippen LogP contribution is -2.32. The van der Waals surface area contributed by atoms with E-state index in [1.54, 1.807) is 0 Å². The molecule has 0 saturated carbocycles. The maximum absolute atomic E-state index is 13.7. The highest BCUT2D eigenvalue weighted by molar-refractivity contribution is 5.90. The van der Waals surface area contributed by atoms with E-state index in [4.69, 9.17) is 0 Å². The molecular formula is C18H19F4N3O. The predicted octanol–water partition coefficient (Wildman–Crippen LogP) is 4.49. The molecule has 0 saturated heterocycles. The van der Waals surface area contributed by atoms with Gasteiger partial charge in [0.15, 0.2) is 0 Å². The van der Waals surface area contributed by atoms with Crippen molar-refractivity contribution >= 4 is 17.4 Å². The molecule has 0 unspecified atom stereocenters. The zero-order valence-corrected chi connectivity index (χ0v) is 14.1. The van der Waals surface area contributed by atoms with Gasteiger partial charge < -0.3 is 15.5 Å². The van der Waals surface area contributed by atoms with Gasteiger partial charge in [-0.05, 0) is 30.7 Å². The van der Waals surface area contributed by atoms with Crippen molar-refractivity contribution in [1.82, 2.24) is 5.32 Å². The van der Waals surface area contributed by atoms with E-state index in [9.17, 15) is 22.4 Å². The van der Waals surface area contributed by atoms with Crippen molar-refractivity contribution in [2.45, 2.75) is 12.6 Å². The molecule has 0 heterocycles. The zero-order valence-electron chi connectivity index (χ0n) is 14.1. The average molecular weight is 369 g/mol. The van der Waals surface area contributed by atoms with Gasteiger partial charge in [-0.25, -0.2) is 9.18 Å². The van der Waals surface area contributed by atoms with E-state index in [0.717, 1.165) is 17.8 Å². The molecule has 4 nitrogen and oxygen atoms in total. The van der Waals surface area contributed by atoms with E-state index in [0.29, 0.717) is 19.0 Å². The Labute approximate surface area is 148 Å². The summed E-state index contributed by atoms with van der Waals surface area (Å²) in [5.41, 5.74) is -1.09. The Morgan fingerprint density at radius 1 is 1.08 bits per heavy atom. The number of halogens is 4. The van der Waals surface area contributed by atoms with Crippen LogP contribution in [-0.2, 0) is 6.18 Å². The van der Waals surface area contributed by atoms with Crippen molar-refractivity contribution < 1.29 is 22.4 Å². The van der Waals surface area contributed by atoms with Gasteiger partial charge in [-0.15, -0.1) is 0 Å². The fraction of sp³-hybridized carbons (Fsp3) is 0.278. The number of hydrogen-bond acceptors (Lipinski definition) is 2. The number of nitrogens with zero attached hydrogens (tertiary/aromatic N) is 1. The van der Waals surface area contributed by atoms with Crippen molar-refractivity contribution in [3.05, 3.63) is 59.9 Å². The van der Waals surface area contributed by atoms with Gasteiger partial charge in [-0.2, -0.15) is 13.2 Å². The molecule has 0 aliphatic rings. The van der Waals surface area contributed by atoms with Gasteiger partial charge in [0.25, 0.3) is 0 Å². The number of alkyl halides is 3. The van der Waals surface area contributed by atoms with E-state index in [-0.39, 0.29) is 6.54 Å². The van der Waals surface area contributed by atoms with Crippen LogP contribution in [0.2, 0.25) is 0 Å². The van der Waals surface area contributed by atoms with Gasteiger partial charge >= 0.3 is 12.2 Å². The smallest absolute Gasteiger partial charge is 0.375 e. The molecule has 2 rings (SSSR count). The minimum Gasteiger partial charge on any atom is -0.375 e. The summed E-state index contributed by atoms with van der Waals surface area (Å²) in [7, 11) is 1.89. The summed E-state index contributed by atoms with van der Waals surface area (Å²) in [5, 5.41) is 4.38. The topological polar surface area (TPSA) is 44.4 Å². The molecule has 0 aliphatic heterocycles. The molecule has 0 aromatic heterocycles. The molecule has 2 aromatic carbocycles. The number of benzene rings is 2. The first-order chi connectivity index (χ1) is 12.3. The fourth-order valence-electron chi connectivity index (χ4n) is 2.37. The van der Waals surface area contributed by atoms with Gasteiger partial charge in [0.1, 0.15) is 5.82 Å². The molecule has 0 spiro atoms. The number of nitrogens with one attached hydrogen (secondary N) is 2. The van der Waals surface area contributed by atoms with Crippen LogP contribution in [0.15, 0.2) is 48.5 Å². The third-order valence-electron chi connectivity index (χ3n) is 3.71. The van der Waals surface area contributed by atoms with Crippen LogP contribution >= 0.6 is 0 Å². The Hall–Kier alpha value is -2.77. The van der Waals surface area contributed by atoms with Crippen LogP contribution in [0.4, 0.5) is 33.7 Å². The first kappa shape index (κ1) is 19.6. The Morgan fingerprint density at radius 3 is 2.42 bits per heavy atom. The highest BCUT2D eigenvalue weighted by atomic mass is 19.4. The van der Waals surface area contributed by atoms with E-state index < -0.39 is 29.3 Å². The highest BCUT2D eigenvalue weighted by Crippen LogP contribution is 2.36. The van der Waals surface area contributed by atoms with Crippen molar-refractivity contribution in [2.75, 3.05) is 30.4 Å². The molecule has 140 valence electrons. The number of hydrogen-bond donors (Lipinski definition) is 2. The lowest BCUT2D eigenvalue weighted by atomic mass is 10.1. The molecule has 26 heavy (non-hydrogen) atoms. The summed E-state index contributed by atoms with van der Waals surface area (Å²) < 4.78 is 52.3. The minimum absolute atomic E-state index is 0.235. The van der Waals surface area contributed by atoms with Crippen molar-refractivity contribution in [1.29, 1.82) is 0 Å². The van der Waals surface area contributed by atoms with E-state index >= 15 is 0 Å². The number of urea groups is 1. The maximum atomic E-state index is 13.7. The van der Waals surface area contributed by atoms with E-state index in [1.165, 1.54) is 0 Å². The largest absolute Gasteiger partial charge is 0.418 e. The van der Waals surface area contributed by atoms with Gasteiger partial charge in [0.2, 0.25) is 0 Å². The van der Waals surface area contributed by atoms with Crippen LogP contribution in [0.3, 0.4) is 0 Å². The van der Waals surface area contributed by atoms with Gasteiger partial charge in [-0.3, -0.25) is 0 Å². The van der Waals surface area contributed by atoms with Crippen LogP contribution in [0.5, 0.6) is 0 Å². The molecule has 0 atom stereocenters. The third-order valence-corrected chi connectivity index (χ3v) is 3.71. The summed E-state index contributed by atoms with van der Waals surface area (Å²) in [6.45, 7) is 0.872. The number of para-hydroxylation sites is 2. The number of rotatable bonds is 6. The number of anilines is 2. The number of carbonyl (C=O) groups excluding carboxylic acids is 1.